The first-order chi connectivity index (χ1) is 16.5. The Kier molecular flexibility index (Phi) is 6.82. The molecule has 1 aromatic carbocycles. The molecule has 3 aromatic heterocycles. The standard InChI is InChI=1S/C24H23N5O4S/c1-3-5-13-33-24(31)29(32,4-2)27-18-9-6-8-17(15-18)20-11-12-25-23-19(16-26-28(20)23)22(30)21-10-7-14-34-21/h3,6-12,14-16,27H,1,4-5,13H2,2H3. The minimum absolute atomic E-state index is 0.0655. The van der Waals surface area contributed by atoms with Crippen molar-refractivity contribution in [3.05, 3.63) is 88.5 Å². The maximum atomic E-state index is 13.0. The smallest absolute Gasteiger partial charge is 0.541 e. The molecule has 0 aliphatic heterocycles. The predicted octanol–water partition coefficient (Wildman–Crippen LogP) is 5.06. The highest BCUT2D eigenvalue weighted by Gasteiger charge is 2.29. The number of amides is 1. The van der Waals surface area contributed by atoms with Crippen LogP contribution in [0.4, 0.5) is 10.5 Å². The summed E-state index contributed by atoms with van der Waals surface area (Å²) >= 11 is 1.36. The molecule has 1 atom stereocenters. The number of aromatic nitrogens is 3. The number of carbonyl (C=O) groups excluding carboxylic acids is 2. The minimum Gasteiger partial charge on any atom is -0.596 e. The highest BCUT2D eigenvalue weighted by atomic mass is 32.1. The number of ether oxygens (including phenoxy) is 1. The molecule has 9 nitrogen and oxygen atoms in total. The molecule has 0 saturated heterocycles. The summed E-state index contributed by atoms with van der Waals surface area (Å²) in [5.74, 6) is -0.142. The molecule has 174 valence electrons. The topological polar surface area (TPSA) is 109 Å². The lowest BCUT2D eigenvalue weighted by molar-refractivity contribution is -0.782. The molecule has 0 fully saturated rings. The Morgan fingerprint density at radius 2 is 2.15 bits per heavy atom. The lowest BCUT2D eigenvalue weighted by Gasteiger charge is -2.36. The number of hydrogen-bond donors (Lipinski definition) is 1. The maximum absolute atomic E-state index is 13.0. The zero-order valence-electron chi connectivity index (χ0n) is 18.5. The molecule has 0 spiro atoms. The van der Waals surface area contributed by atoms with Crippen LogP contribution >= 0.6 is 11.3 Å². The molecule has 1 N–H and O–H groups in total. The van der Waals surface area contributed by atoms with Crippen LogP contribution in [0.2, 0.25) is 0 Å². The number of nitrogens with zero attached hydrogens (tertiary/aromatic N) is 4. The SMILES string of the molecule is C=CCCOC(=O)[N+]([O-])(CC)Nc1cccc(-c2ccnc3c(C(=O)c4cccs4)cnn23)c1. The molecule has 0 saturated carbocycles. The van der Waals surface area contributed by atoms with E-state index in [0.29, 0.717) is 33.9 Å². The number of anilines is 1. The van der Waals surface area contributed by atoms with Crippen LogP contribution < -0.4 is 5.43 Å². The van der Waals surface area contributed by atoms with Gasteiger partial charge in [-0.3, -0.25) is 4.79 Å². The molecule has 0 aliphatic carbocycles. The van der Waals surface area contributed by atoms with Crippen molar-refractivity contribution in [3.8, 4) is 11.3 Å². The average molecular weight is 478 g/mol. The van der Waals surface area contributed by atoms with Gasteiger partial charge >= 0.3 is 6.09 Å². The first kappa shape index (κ1) is 23.3. The van der Waals surface area contributed by atoms with Crippen molar-refractivity contribution in [2.75, 3.05) is 18.6 Å². The van der Waals surface area contributed by atoms with Crippen molar-refractivity contribution in [2.45, 2.75) is 13.3 Å². The van der Waals surface area contributed by atoms with Gasteiger partial charge in [0.1, 0.15) is 13.2 Å². The fourth-order valence-electron chi connectivity index (χ4n) is 3.36. The van der Waals surface area contributed by atoms with E-state index in [1.54, 1.807) is 54.0 Å². The lowest BCUT2D eigenvalue weighted by atomic mass is 10.1. The first-order valence-electron chi connectivity index (χ1n) is 10.6. The third-order valence-corrected chi connectivity index (χ3v) is 6.02. The van der Waals surface area contributed by atoms with Gasteiger partial charge in [-0.2, -0.15) is 14.6 Å². The van der Waals surface area contributed by atoms with Crippen LogP contribution in [0.25, 0.3) is 16.9 Å². The van der Waals surface area contributed by atoms with Gasteiger partial charge in [-0.25, -0.2) is 14.9 Å². The summed E-state index contributed by atoms with van der Waals surface area (Å²) < 4.78 is 5.29. The number of carbonyl (C=O) groups is 2. The van der Waals surface area contributed by atoms with Gasteiger partial charge < -0.3 is 9.94 Å². The van der Waals surface area contributed by atoms with Gasteiger partial charge in [-0.15, -0.1) is 17.9 Å². The van der Waals surface area contributed by atoms with Crippen LogP contribution in [0.1, 0.15) is 28.6 Å². The van der Waals surface area contributed by atoms with Gasteiger partial charge in [0.25, 0.3) is 0 Å². The summed E-state index contributed by atoms with van der Waals surface area (Å²) in [4.78, 5) is 30.2. The van der Waals surface area contributed by atoms with Gasteiger partial charge in [-0.05, 0) is 43.0 Å². The van der Waals surface area contributed by atoms with Gasteiger partial charge in [0.2, 0.25) is 5.78 Å². The Labute approximate surface area is 200 Å². The molecule has 1 amide bonds. The number of fused-ring (bicyclic) bond motifs is 1. The fourth-order valence-corrected chi connectivity index (χ4v) is 4.03. The maximum Gasteiger partial charge on any atom is 0.541 e. The van der Waals surface area contributed by atoms with E-state index >= 15 is 0 Å². The van der Waals surface area contributed by atoms with Crippen LogP contribution in [-0.4, -0.2) is 44.4 Å². The molecular formula is C24H23N5O4S. The Bertz CT molecular complexity index is 1330. The number of ketones is 1. The van der Waals surface area contributed by atoms with E-state index in [4.69, 9.17) is 4.74 Å². The molecule has 10 heteroatoms. The quantitative estimate of drug-likeness (QED) is 0.118. The third-order valence-electron chi connectivity index (χ3n) is 5.15. The average Bonchev–Trinajstić information content (AvgIpc) is 3.54. The zero-order chi connectivity index (χ0) is 24.1. The van der Waals surface area contributed by atoms with E-state index < -0.39 is 10.8 Å². The molecule has 34 heavy (non-hydrogen) atoms. The second-order valence-electron chi connectivity index (χ2n) is 7.37. The van der Waals surface area contributed by atoms with Crippen LogP contribution in [0.15, 0.2) is 72.9 Å². The molecule has 0 aliphatic rings. The van der Waals surface area contributed by atoms with Crippen molar-refractivity contribution >= 4 is 34.5 Å². The van der Waals surface area contributed by atoms with Gasteiger partial charge in [0.05, 0.1) is 28.0 Å². The van der Waals surface area contributed by atoms with Crippen molar-refractivity contribution < 1.29 is 19.1 Å². The van der Waals surface area contributed by atoms with Crippen LogP contribution in [0, 0.1) is 5.21 Å². The van der Waals surface area contributed by atoms with Crippen molar-refractivity contribution in [1.82, 2.24) is 14.6 Å². The molecule has 4 aromatic rings. The molecule has 3 heterocycles. The molecule has 0 radical (unpaired) electrons. The van der Waals surface area contributed by atoms with Crippen LogP contribution in [-0.2, 0) is 4.74 Å². The third kappa shape index (κ3) is 4.60. The number of quaternary nitrogens is 1. The molecular weight excluding hydrogens is 454 g/mol. The van der Waals surface area contributed by atoms with Gasteiger partial charge in [0, 0.05) is 11.8 Å². The fraction of sp³-hybridized carbons (Fsp3) is 0.167. The highest BCUT2D eigenvalue weighted by molar-refractivity contribution is 7.12. The Morgan fingerprint density at radius 3 is 2.88 bits per heavy atom. The Morgan fingerprint density at radius 1 is 1.29 bits per heavy atom. The first-order valence-corrected chi connectivity index (χ1v) is 11.5. The van der Waals surface area contributed by atoms with Crippen molar-refractivity contribution in [3.63, 3.8) is 0 Å². The van der Waals surface area contributed by atoms with E-state index in [1.807, 2.05) is 17.5 Å². The predicted molar refractivity (Wildman–Crippen MR) is 130 cm³/mol. The van der Waals surface area contributed by atoms with Crippen LogP contribution in [0.5, 0.6) is 0 Å². The second kappa shape index (κ2) is 9.96. The summed E-state index contributed by atoms with van der Waals surface area (Å²) in [6.07, 6.45) is 4.26. The van der Waals surface area contributed by atoms with E-state index in [9.17, 15) is 14.8 Å². The normalized spacial score (nSPS) is 12.8. The monoisotopic (exact) mass is 477 g/mol. The number of hydrogen-bond acceptors (Lipinski definition) is 8. The van der Waals surface area contributed by atoms with Gasteiger partial charge in [-0.1, -0.05) is 24.3 Å². The van der Waals surface area contributed by atoms with Crippen molar-refractivity contribution in [1.29, 1.82) is 0 Å². The lowest BCUT2D eigenvalue weighted by Crippen LogP contribution is -2.52. The molecule has 4 rings (SSSR count). The number of rotatable bonds is 9. The van der Waals surface area contributed by atoms with Crippen LogP contribution in [0.3, 0.4) is 0 Å². The highest BCUT2D eigenvalue weighted by Crippen LogP contribution is 2.26. The Balaban J connectivity index is 1.64. The van der Waals surface area contributed by atoms with E-state index in [2.05, 4.69) is 22.1 Å². The molecule has 1 unspecified atom stereocenters. The van der Waals surface area contributed by atoms with E-state index in [0.717, 1.165) is 5.56 Å². The van der Waals surface area contributed by atoms with Gasteiger partial charge in [0.15, 0.2) is 5.65 Å². The number of benzene rings is 1. The summed E-state index contributed by atoms with van der Waals surface area (Å²) in [5.41, 5.74) is 5.38. The minimum atomic E-state index is -1.37. The van der Waals surface area contributed by atoms with E-state index in [1.165, 1.54) is 17.5 Å². The molecule has 0 bridgehead atoms. The summed E-state index contributed by atoms with van der Waals surface area (Å²) in [6, 6.07) is 12.4. The summed E-state index contributed by atoms with van der Waals surface area (Å²) in [7, 11) is 0. The Hall–Kier alpha value is -3.86. The second-order valence-corrected chi connectivity index (χ2v) is 8.32. The summed E-state index contributed by atoms with van der Waals surface area (Å²) in [6.45, 7) is 5.19. The number of thiophene rings is 1. The van der Waals surface area contributed by atoms with Crippen molar-refractivity contribution in [2.24, 2.45) is 0 Å². The number of hydroxylamine groups is 2. The van der Waals surface area contributed by atoms with E-state index in [-0.39, 0.29) is 18.9 Å². The zero-order valence-corrected chi connectivity index (χ0v) is 19.3. The largest absolute Gasteiger partial charge is 0.596 e. The summed E-state index contributed by atoms with van der Waals surface area (Å²) in [5, 5.41) is 19.3. The number of nitrogens with one attached hydrogen (secondary N) is 1.